The molecule has 0 spiro atoms. The van der Waals surface area contributed by atoms with E-state index in [0.29, 0.717) is 0 Å². The third kappa shape index (κ3) is 3.17. The summed E-state index contributed by atoms with van der Waals surface area (Å²) in [6.07, 6.45) is 3.75. The fourth-order valence-electron chi connectivity index (χ4n) is 2.49. The molecule has 17 heavy (non-hydrogen) atoms. The summed E-state index contributed by atoms with van der Waals surface area (Å²) in [7, 11) is 1.89. The van der Waals surface area contributed by atoms with Crippen molar-refractivity contribution in [1.29, 1.82) is 0 Å². The van der Waals surface area contributed by atoms with Crippen LogP contribution in [0, 0.1) is 0 Å². The van der Waals surface area contributed by atoms with Gasteiger partial charge in [0.2, 0.25) is 0 Å². The van der Waals surface area contributed by atoms with E-state index in [0.717, 1.165) is 38.3 Å². The predicted molar refractivity (Wildman–Crippen MR) is 68.9 cm³/mol. The molecule has 94 valence electrons. The SMILES string of the molecule is CNc1ncccc1CN1CCCC(C)(O)C1. The number of anilines is 1. The minimum absolute atomic E-state index is 0.541. The van der Waals surface area contributed by atoms with Crippen LogP contribution in [-0.2, 0) is 6.54 Å². The molecule has 0 aromatic carbocycles. The Kier molecular flexibility index (Phi) is 3.64. The molecule has 1 unspecified atom stereocenters. The summed E-state index contributed by atoms with van der Waals surface area (Å²) < 4.78 is 0. The number of pyridine rings is 1. The van der Waals surface area contributed by atoms with Gasteiger partial charge in [0.15, 0.2) is 0 Å². The number of rotatable bonds is 3. The number of β-amino-alcohol motifs (C(OH)–C–C–N with tert-alkyl or cyclic N) is 1. The van der Waals surface area contributed by atoms with E-state index in [-0.39, 0.29) is 0 Å². The van der Waals surface area contributed by atoms with Crippen LogP contribution in [0.2, 0.25) is 0 Å². The average molecular weight is 235 g/mol. The molecule has 1 fully saturated rings. The Balaban J connectivity index is 2.05. The summed E-state index contributed by atoms with van der Waals surface area (Å²) in [5.74, 6) is 0.928. The van der Waals surface area contributed by atoms with Crippen molar-refractivity contribution < 1.29 is 5.11 Å². The van der Waals surface area contributed by atoms with Crippen molar-refractivity contribution >= 4 is 5.82 Å². The summed E-state index contributed by atoms with van der Waals surface area (Å²) in [6, 6.07) is 4.04. The molecule has 1 saturated heterocycles. The van der Waals surface area contributed by atoms with Crippen molar-refractivity contribution in [2.24, 2.45) is 0 Å². The number of aliphatic hydroxyl groups is 1. The van der Waals surface area contributed by atoms with Gasteiger partial charge in [0.1, 0.15) is 5.82 Å². The van der Waals surface area contributed by atoms with Crippen LogP contribution in [0.4, 0.5) is 5.82 Å². The van der Waals surface area contributed by atoms with Gasteiger partial charge in [-0.05, 0) is 32.4 Å². The molecule has 0 amide bonds. The standard InChI is InChI=1S/C13H21N3O/c1-13(17)6-4-8-16(10-13)9-11-5-3-7-15-12(11)14-2/h3,5,7,17H,4,6,8-10H2,1-2H3,(H,14,15). The van der Waals surface area contributed by atoms with E-state index < -0.39 is 5.60 Å². The fraction of sp³-hybridized carbons (Fsp3) is 0.615. The molecule has 1 aliphatic rings. The van der Waals surface area contributed by atoms with Crippen molar-refractivity contribution in [3.05, 3.63) is 23.9 Å². The maximum Gasteiger partial charge on any atom is 0.130 e. The molecule has 4 heteroatoms. The van der Waals surface area contributed by atoms with Gasteiger partial charge in [-0.3, -0.25) is 4.90 Å². The lowest BCUT2D eigenvalue weighted by atomic mass is 9.95. The highest BCUT2D eigenvalue weighted by Gasteiger charge is 2.28. The molecule has 0 aliphatic carbocycles. The number of nitrogens with one attached hydrogen (secondary N) is 1. The molecule has 2 rings (SSSR count). The highest BCUT2D eigenvalue weighted by atomic mass is 16.3. The molecule has 2 heterocycles. The van der Waals surface area contributed by atoms with Gasteiger partial charge in [-0.15, -0.1) is 0 Å². The Morgan fingerprint density at radius 3 is 3.12 bits per heavy atom. The van der Waals surface area contributed by atoms with Gasteiger partial charge in [0.05, 0.1) is 5.60 Å². The zero-order chi connectivity index (χ0) is 12.3. The highest BCUT2D eigenvalue weighted by Crippen LogP contribution is 2.23. The van der Waals surface area contributed by atoms with Crippen molar-refractivity contribution in [3.63, 3.8) is 0 Å². The van der Waals surface area contributed by atoms with E-state index in [1.807, 2.05) is 20.0 Å². The van der Waals surface area contributed by atoms with Crippen LogP contribution in [0.15, 0.2) is 18.3 Å². The van der Waals surface area contributed by atoms with E-state index in [9.17, 15) is 5.11 Å². The topological polar surface area (TPSA) is 48.4 Å². The van der Waals surface area contributed by atoms with E-state index in [2.05, 4.69) is 21.3 Å². The normalized spacial score (nSPS) is 25.8. The summed E-state index contributed by atoms with van der Waals surface area (Å²) in [5.41, 5.74) is 0.646. The summed E-state index contributed by atoms with van der Waals surface area (Å²) in [5, 5.41) is 13.2. The number of likely N-dealkylation sites (tertiary alicyclic amines) is 1. The Hall–Kier alpha value is -1.13. The van der Waals surface area contributed by atoms with E-state index in [1.54, 1.807) is 6.20 Å². The first kappa shape index (κ1) is 12.3. The smallest absolute Gasteiger partial charge is 0.130 e. The maximum atomic E-state index is 10.1. The summed E-state index contributed by atoms with van der Waals surface area (Å²) in [6.45, 7) is 4.56. The molecule has 1 aromatic heterocycles. The molecule has 4 nitrogen and oxygen atoms in total. The quantitative estimate of drug-likeness (QED) is 0.833. The lowest BCUT2D eigenvalue weighted by Gasteiger charge is -2.37. The first-order valence-corrected chi connectivity index (χ1v) is 6.17. The molecular weight excluding hydrogens is 214 g/mol. The van der Waals surface area contributed by atoms with Gasteiger partial charge in [0.25, 0.3) is 0 Å². The van der Waals surface area contributed by atoms with Crippen molar-refractivity contribution in [2.45, 2.75) is 31.9 Å². The number of nitrogens with zero attached hydrogens (tertiary/aromatic N) is 2. The minimum Gasteiger partial charge on any atom is -0.389 e. The van der Waals surface area contributed by atoms with Gasteiger partial charge in [-0.1, -0.05) is 6.07 Å². The van der Waals surface area contributed by atoms with Crippen molar-refractivity contribution in [1.82, 2.24) is 9.88 Å². The van der Waals surface area contributed by atoms with Crippen LogP contribution >= 0.6 is 0 Å². The van der Waals surface area contributed by atoms with Crippen LogP contribution in [0.25, 0.3) is 0 Å². The van der Waals surface area contributed by atoms with Gasteiger partial charge >= 0.3 is 0 Å². The molecule has 2 N–H and O–H groups in total. The third-order valence-electron chi connectivity index (χ3n) is 3.28. The van der Waals surface area contributed by atoms with Gasteiger partial charge in [-0.25, -0.2) is 4.98 Å². The zero-order valence-corrected chi connectivity index (χ0v) is 10.6. The molecule has 0 bridgehead atoms. The largest absolute Gasteiger partial charge is 0.389 e. The van der Waals surface area contributed by atoms with Crippen LogP contribution in [0.3, 0.4) is 0 Å². The lowest BCUT2D eigenvalue weighted by molar-refractivity contribution is -0.0181. The van der Waals surface area contributed by atoms with E-state index in [1.165, 1.54) is 5.56 Å². The minimum atomic E-state index is -0.541. The third-order valence-corrected chi connectivity index (χ3v) is 3.28. The Morgan fingerprint density at radius 2 is 2.41 bits per heavy atom. The van der Waals surface area contributed by atoms with Gasteiger partial charge in [0, 0.05) is 31.9 Å². The fourth-order valence-corrected chi connectivity index (χ4v) is 2.49. The Morgan fingerprint density at radius 1 is 1.59 bits per heavy atom. The molecule has 0 radical (unpaired) electrons. The number of hydrogen-bond acceptors (Lipinski definition) is 4. The Bertz CT molecular complexity index is 379. The molecule has 1 aromatic rings. The number of aromatic nitrogens is 1. The molecule has 1 atom stereocenters. The van der Waals surface area contributed by atoms with Crippen molar-refractivity contribution in [2.75, 3.05) is 25.5 Å². The second kappa shape index (κ2) is 5.02. The van der Waals surface area contributed by atoms with Crippen LogP contribution in [0.1, 0.15) is 25.3 Å². The highest BCUT2D eigenvalue weighted by molar-refractivity contribution is 5.42. The second-order valence-electron chi connectivity index (χ2n) is 5.07. The van der Waals surface area contributed by atoms with Crippen molar-refractivity contribution in [3.8, 4) is 0 Å². The molecule has 1 aliphatic heterocycles. The first-order valence-electron chi connectivity index (χ1n) is 6.17. The summed E-state index contributed by atoms with van der Waals surface area (Å²) in [4.78, 5) is 6.59. The van der Waals surface area contributed by atoms with E-state index in [4.69, 9.17) is 0 Å². The second-order valence-corrected chi connectivity index (χ2v) is 5.07. The zero-order valence-electron chi connectivity index (χ0n) is 10.6. The maximum absolute atomic E-state index is 10.1. The monoisotopic (exact) mass is 235 g/mol. The van der Waals surface area contributed by atoms with Gasteiger partial charge in [-0.2, -0.15) is 0 Å². The first-order chi connectivity index (χ1) is 8.11. The lowest BCUT2D eigenvalue weighted by Crippen LogP contribution is -2.45. The number of piperidine rings is 1. The van der Waals surface area contributed by atoms with Crippen LogP contribution in [-0.4, -0.2) is 40.7 Å². The summed E-state index contributed by atoms with van der Waals surface area (Å²) >= 11 is 0. The van der Waals surface area contributed by atoms with Gasteiger partial charge < -0.3 is 10.4 Å². The molecular formula is C13H21N3O. The predicted octanol–water partition coefficient (Wildman–Crippen LogP) is 1.47. The van der Waals surface area contributed by atoms with E-state index >= 15 is 0 Å². The molecule has 0 saturated carbocycles. The van der Waals surface area contributed by atoms with Crippen LogP contribution < -0.4 is 5.32 Å². The Labute approximate surface area is 103 Å². The number of hydrogen-bond donors (Lipinski definition) is 2. The average Bonchev–Trinajstić information content (AvgIpc) is 2.28. The van der Waals surface area contributed by atoms with Crippen LogP contribution in [0.5, 0.6) is 0 Å².